The third-order valence-electron chi connectivity index (χ3n) is 0.976. The van der Waals surface area contributed by atoms with Gasteiger partial charge in [-0.3, -0.25) is 0 Å². The molecule has 15 heavy (non-hydrogen) atoms. The Bertz CT molecular complexity index is 407. The Morgan fingerprint density at radius 2 is 1.73 bits per heavy atom. The summed E-state index contributed by atoms with van der Waals surface area (Å²) in [4.78, 5) is 9.67. The minimum atomic E-state index is -3.95. The molecule has 0 spiro atoms. The summed E-state index contributed by atoms with van der Waals surface area (Å²) in [6.45, 7) is 0. The fourth-order valence-electron chi connectivity index (χ4n) is 0.555. The van der Waals surface area contributed by atoms with Crippen molar-refractivity contribution < 1.29 is 13.2 Å². The van der Waals surface area contributed by atoms with Crippen molar-refractivity contribution in [3.8, 4) is 0 Å². The molecule has 0 aliphatic carbocycles. The van der Waals surface area contributed by atoms with Gasteiger partial charge in [-0.15, -0.1) is 0 Å². The molecular formula is C7H10ClN3O3S. The molecule has 0 heterocycles. The lowest BCUT2D eigenvalue weighted by Crippen LogP contribution is -2.39. The van der Waals surface area contributed by atoms with E-state index in [-0.39, 0.29) is 0 Å². The second kappa shape index (κ2) is 6.23. The van der Waals surface area contributed by atoms with Crippen LogP contribution in [0, 0.1) is 0 Å². The molecule has 6 nitrogen and oxygen atoms in total. The van der Waals surface area contributed by atoms with Gasteiger partial charge in [-0.05, 0) is 12.1 Å². The predicted molar refractivity (Wildman–Crippen MR) is 57.3 cm³/mol. The summed E-state index contributed by atoms with van der Waals surface area (Å²) < 4.78 is 20.9. The average Bonchev–Trinajstić information content (AvgIpc) is 2.01. The zero-order valence-electron chi connectivity index (χ0n) is 7.55. The Morgan fingerprint density at radius 3 is 1.87 bits per heavy atom. The topological polar surface area (TPSA) is 115 Å². The third-order valence-corrected chi connectivity index (χ3v) is 1.71. The van der Waals surface area contributed by atoms with Crippen LogP contribution in [0.1, 0.15) is 0 Å². The normalized spacial score (nSPS) is 9.73. The van der Waals surface area contributed by atoms with Crippen LogP contribution < -0.4 is 15.6 Å². The highest BCUT2D eigenvalue weighted by Gasteiger charge is 2.01. The van der Waals surface area contributed by atoms with E-state index in [1.54, 1.807) is 0 Å². The monoisotopic (exact) mass is 251 g/mol. The van der Waals surface area contributed by atoms with E-state index in [0.29, 0.717) is 0 Å². The molecule has 1 rings (SSSR count). The van der Waals surface area contributed by atoms with Crippen LogP contribution in [0.3, 0.4) is 0 Å². The smallest absolute Gasteiger partial charge is 0.326 e. The van der Waals surface area contributed by atoms with E-state index in [0.717, 1.165) is 5.02 Å². The van der Waals surface area contributed by atoms with Crippen molar-refractivity contribution in [3.63, 3.8) is 0 Å². The molecule has 1 aromatic carbocycles. The van der Waals surface area contributed by atoms with E-state index in [4.69, 9.17) is 11.6 Å². The maximum absolute atomic E-state index is 9.81. The summed E-state index contributed by atoms with van der Waals surface area (Å²) in [6, 6.07) is 8.26. The number of halogens is 1. The first-order chi connectivity index (χ1) is 6.81. The summed E-state index contributed by atoms with van der Waals surface area (Å²) in [5.74, 6) is 0. The molecule has 0 fully saturated rings. The van der Waals surface area contributed by atoms with Crippen LogP contribution in [0.2, 0.25) is 5.02 Å². The summed E-state index contributed by atoms with van der Waals surface area (Å²) in [7, 11) is -3.95. The molecule has 0 aliphatic heterocycles. The SMILES string of the molecule is Clc1ccccc1.NC(=O)NS(N)(=O)=O. The van der Waals surface area contributed by atoms with E-state index in [9.17, 15) is 13.2 Å². The number of carbonyl (C=O) groups excluding carboxylic acids is 1. The second-order valence-corrected chi connectivity index (χ2v) is 4.04. The zero-order valence-corrected chi connectivity index (χ0v) is 9.12. The van der Waals surface area contributed by atoms with Crippen molar-refractivity contribution in [1.29, 1.82) is 0 Å². The summed E-state index contributed by atoms with van der Waals surface area (Å²) in [5.41, 5.74) is 4.37. The Labute approximate surface area is 92.4 Å². The van der Waals surface area contributed by atoms with E-state index in [1.807, 2.05) is 30.3 Å². The number of hydrogen-bond acceptors (Lipinski definition) is 3. The van der Waals surface area contributed by atoms with Gasteiger partial charge in [0.25, 0.3) is 10.2 Å². The lowest BCUT2D eigenvalue weighted by atomic mass is 10.4. The maximum atomic E-state index is 9.81. The molecule has 0 unspecified atom stereocenters. The quantitative estimate of drug-likeness (QED) is 0.662. The van der Waals surface area contributed by atoms with E-state index in [1.165, 1.54) is 4.72 Å². The number of urea groups is 1. The van der Waals surface area contributed by atoms with Gasteiger partial charge in [-0.1, -0.05) is 29.8 Å². The number of benzene rings is 1. The van der Waals surface area contributed by atoms with E-state index >= 15 is 0 Å². The maximum Gasteiger partial charge on any atom is 0.326 e. The van der Waals surface area contributed by atoms with Crippen molar-refractivity contribution in [2.45, 2.75) is 0 Å². The van der Waals surface area contributed by atoms with Gasteiger partial charge in [0.1, 0.15) is 0 Å². The highest BCUT2D eigenvalue weighted by atomic mass is 35.5. The van der Waals surface area contributed by atoms with Crippen LogP contribution in [0.15, 0.2) is 30.3 Å². The van der Waals surface area contributed by atoms with Gasteiger partial charge >= 0.3 is 6.03 Å². The van der Waals surface area contributed by atoms with Gasteiger partial charge in [-0.2, -0.15) is 8.42 Å². The van der Waals surface area contributed by atoms with Crippen LogP contribution in [0.4, 0.5) is 4.79 Å². The van der Waals surface area contributed by atoms with Crippen LogP contribution in [0.25, 0.3) is 0 Å². The van der Waals surface area contributed by atoms with E-state index in [2.05, 4.69) is 10.9 Å². The minimum absolute atomic E-state index is 0.794. The summed E-state index contributed by atoms with van der Waals surface area (Å²) >= 11 is 5.54. The molecule has 8 heteroatoms. The molecule has 2 amide bonds. The molecule has 0 radical (unpaired) electrons. The fourth-order valence-corrected chi connectivity index (χ4v) is 0.981. The lowest BCUT2D eigenvalue weighted by molar-refractivity contribution is 0.253. The van der Waals surface area contributed by atoms with Crippen molar-refractivity contribution in [3.05, 3.63) is 35.4 Å². The minimum Gasteiger partial charge on any atom is -0.351 e. The Hall–Kier alpha value is -1.31. The molecule has 0 atom stereocenters. The molecule has 84 valence electrons. The predicted octanol–water partition coefficient (Wildman–Crippen LogP) is 0.198. The van der Waals surface area contributed by atoms with Crippen LogP contribution in [-0.4, -0.2) is 14.4 Å². The standard InChI is InChI=1S/C6H5Cl.CH5N3O3S/c7-6-4-2-1-3-5-6;2-1(5)4-8(3,6)7/h1-5H;(H3,2,4,5)(H2,3,6,7). The van der Waals surface area contributed by atoms with Gasteiger partial charge in [-0.25, -0.2) is 14.7 Å². The first-order valence-corrected chi connectivity index (χ1v) is 5.54. The van der Waals surface area contributed by atoms with Crippen molar-refractivity contribution in [2.24, 2.45) is 10.9 Å². The number of carbonyl (C=O) groups is 1. The van der Waals surface area contributed by atoms with E-state index < -0.39 is 16.2 Å². The summed E-state index contributed by atoms with van der Waals surface area (Å²) in [6.07, 6.45) is 0. The average molecular weight is 252 g/mol. The molecule has 0 aliphatic rings. The molecule has 0 bridgehead atoms. The molecule has 0 saturated carbocycles. The zero-order chi connectivity index (χ0) is 11.9. The fraction of sp³-hybridized carbons (Fsp3) is 0. The Balaban J connectivity index is 0.000000262. The first-order valence-electron chi connectivity index (χ1n) is 3.62. The number of rotatable bonds is 1. The second-order valence-electron chi connectivity index (χ2n) is 2.31. The number of amides is 2. The first kappa shape index (κ1) is 13.7. The number of nitrogens with two attached hydrogens (primary N) is 2. The largest absolute Gasteiger partial charge is 0.351 e. The molecule has 0 saturated heterocycles. The van der Waals surface area contributed by atoms with Crippen molar-refractivity contribution in [1.82, 2.24) is 4.72 Å². The third kappa shape index (κ3) is 10.6. The summed E-state index contributed by atoms with van der Waals surface area (Å²) in [5, 5.41) is 5.09. The van der Waals surface area contributed by atoms with Crippen LogP contribution in [0.5, 0.6) is 0 Å². The van der Waals surface area contributed by atoms with Crippen LogP contribution in [-0.2, 0) is 10.2 Å². The molecule has 5 N–H and O–H groups in total. The van der Waals surface area contributed by atoms with Crippen molar-refractivity contribution >= 4 is 27.8 Å². The van der Waals surface area contributed by atoms with Crippen molar-refractivity contribution in [2.75, 3.05) is 0 Å². The highest BCUT2D eigenvalue weighted by Crippen LogP contribution is 2.03. The van der Waals surface area contributed by atoms with Gasteiger partial charge in [0, 0.05) is 5.02 Å². The van der Waals surface area contributed by atoms with Gasteiger partial charge in [0.2, 0.25) is 0 Å². The number of primary amides is 1. The van der Waals surface area contributed by atoms with Gasteiger partial charge in [0.15, 0.2) is 0 Å². The highest BCUT2D eigenvalue weighted by molar-refractivity contribution is 7.87. The molecule has 1 aromatic rings. The lowest BCUT2D eigenvalue weighted by Gasteiger charge is -1.92. The Morgan fingerprint density at radius 1 is 1.27 bits per heavy atom. The number of nitrogens with one attached hydrogen (secondary N) is 1. The Kier molecular flexibility index (Phi) is 5.68. The van der Waals surface area contributed by atoms with Gasteiger partial charge in [0.05, 0.1) is 0 Å². The number of hydrogen-bond donors (Lipinski definition) is 3. The van der Waals surface area contributed by atoms with Crippen LogP contribution >= 0.6 is 11.6 Å². The molecule has 0 aromatic heterocycles. The van der Waals surface area contributed by atoms with Gasteiger partial charge < -0.3 is 5.73 Å². The molecular weight excluding hydrogens is 242 g/mol.